The van der Waals surface area contributed by atoms with Crippen molar-refractivity contribution < 1.29 is 13.5 Å². The van der Waals surface area contributed by atoms with Gasteiger partial charge in [-0.1, -0.05) is 13.8 Å². The summed E-state index contributed by atoms with van der Waals surface area (Å²) in [5.41, 5.74) is 0. The fourth-order valence-electron chi connectivity index (χ4n) is 2.07. The lowest BCUT2D eigenvalue weighted by atomic mass is 10.1. The molecule has 1 atom stereocenters. The Balaban J connectivity index is 2.57. The highest BCUT2D eigenvalue weighted by atomic mass is 32.2. The summed E-state index contributed by atoms with van der Waals surface area (Å²) in [5.74, 6) is 0.227. The van der Waals surface area contributed by atoms with Crippen LogP contribution in [0, 0.1) is 5.92 Å². The summed E-state index contributed by atoms with van der Waals surface area (Å²) in [5, 5.41) is 9.90. The van der Waals surface area contributed by atoms with Crippen molar-refractivity contribution >= 4 is 10.2 Å². The Morgan fingerprint density at radius 2 is 1.79 bits per heavy atom. The molecule has 1 heterocycles. The molecule has 1 saturated heterocycles. The van der Waals surface area contributed by atoms with Crippen molar-refractivity contribution in [2.75, 3.05) is 46.8 Å². The molecule has 0 spiro atoms. The van der Waals surface area contributed by atoms with Crippen molar-refractivity contribution in [1.82, 2.24) is 13.5 Å². The van der Waals surface area contributed by atoms with Gasteiger partial charge in [-0.25, -0.2) is 0 Å². The summed E-state index contributed by atoms with van der Waals surface area (Å²) in [6.45, 7) is 7.16. The number of hydrogen-bond donors (Lipinski definition) is 1. The van der Waals surface area contributed by atoms with E-state index in [-0.39, 0.29) is 12.0 Å². The van der Waals surface area contributed by atoms with Crippen LogP contribution in [-0.2, 0) is 10.2 Å². The second-order valence-electron chi connectivity index (χ2n) is 5.65. The van der Waals surface area contributed by atoms with E-state index in [1.54, 1.807) is 14.1 Å². The zero-order chi connectivity index (χ0) is 14.6. The Morgan fingerprint density at radius 1 is 1.16 bits per heavy atom. The predicted octanol–water partition coefficient (Wildman–Crippen LogP) is -0.183. The summed E-state index contributed by atoms with van der Waals surface area (Å²) in [7, 11) is -0.202. The van der Waals surface area contributed by atoms with Crippen molar-refractivity contribution in [2.24, 2.45) is 5.92 Å². The number of rotatable bonds is 5. The monoisotopic (exact) mass is 293 g/mol. The molecule has 0 saturated carbocycles. The first-order valence-electron chi connectivity index (χ1n) is 6.83. The highest BCUT2D eigenvalue weighted by molar-refractivity contribution is 7.86. The summed E-state index contributed by atoms with van der Waals surface area (Å²) in [6, 6.07) is 0. The van der Waals surface area contributed by atoms with Gasteiger partial charge in [0.05, 0.1) is 6.10 Å². The first-order chi connectivity index (χ1) is 8.75. The summed E-state index contributed by atoms with van der Waals surface area (Å²) >= 11 is 0. The fourth-order valence-corrected chi connectivity index (χ4v) is 3.20. The molecule has 0 aromatic carbocycles. The minimum absolute atomic E-state index is 0.227. The van der Waals surface area contributed by atoms with Crippen LogP contribution in [0.5, 0.6) is 0 Å². The van der Waals surface area contributed by atoms with Gasteiger partial charge in [0.2, 0.25) is 0 Å². The second-order valence-corrected chi connectivity index (χ2v) is 7.80. The molecule has 0 radical (unpaired) electrons. The van der Waals surface area contributed by atoms with E-state index in [0.29, 0.717) is 26.2 Å². The largest absolute Gasteiger partial charge is 0.392 e. The van der Waals surface area contributed by atoms with Crippen molar-refractivity contribution in [1.29, 1.82) is 0 Å². The molecule has 114 valence electrons. The lowest BCUT2D eigenvalue weighted by molar-refractivity contribution is 0.0784. The van der Waals surface area contributed by atoms with Crippen LogP contribution in [0.2, 0.25) is 0 Å². The van der Waals surface area contributed by atoms with Crippen molar-refractivity contribution in [3.63, 3.8) is 0 Å². The smallest absolute Gasteiger partial charge is 0.281 e. The zero-order valence-electron chi connectivity index (χ0n) is 12.4. The molecule has 7 heteroatoms. The van der Waals surface area contributed by atoms with Gasteiger partial charge in [-0.2, -0.15) is 17.0 Å². The van der Waals surface area contributed by atoms with Crippen LogP contribution in [0.1, 0.15) is 20.3 Å². The second kappa shape index (κ2) is 6.99. The predicted molar refractivity (Wildman–Crippen MR) is 76.1 cm³/mol. The SMILES string of the molecule is CC(C)C(O)CN1CCCN(S(=O)(=O)N(C)C)CC1. The Hall–Kier alpha value is -0.210. The molecule has 1 aliphatic rings. The standard InChI is InChI=1S/C12H27N3O3S/c1-11(2)12(16)10-14-6-5-7-15(9-8-14)19(17,18)13(3)4/h11-12,16H,5-10H2,1-4H3. The van der Waals surface area contributed by atoms with E-state index in [9.17, 15) is 13.5 Å². The summed E-state index contributed by atoms with van der Waals surface area (Å²) < 4.78 is 26.9. The molecule has 1 aliphatic heterocycles. The van der Waals surface area contributed by atoms with Gasteiger partial charge in [0, 0.05) is 40.3 Å². The van der Waals surface area contributed by atoms with Crippen LogP contribution < -0.4 is 0 Å². The van der Waals surface area contributed by atoms with Gasteiger partial charge in [-0.05, 0) is 18.9 Å². The third kappa shape index (κ3) is 4.68. The maximum Gasteiger partial charge on any atom is 0.281 e. The Kier molecular flexibility index (Phi) is 6.19. The van der Waals surface area contributed by atoms with E-state index in [2.05, 4.69) is 4.90 Å². The zero-order valence-corrected chi connectivity index (χ0v) is 13.2. The Bertz CT molecular complexity index is 370. The maximum absolute atomic E-state index is 12.1. The first-order valence-corrected chi connectivity index (χ1v) is 8.23. The summed E-state index contributed by atoms with van der Waals surface area (Å²) in [4.78, 5) is 2.15. The topological polar surface area (TPSA) is 64.1 Å². The van der Waals surface area contributed by atoms with Gasteiger partial charge >= 0.3 is 0 Å². The lowest BCUT2D eigenvalue weighted by Gasteiger charge is -2.26. The molecule has 0 aromatic heterocycles. The van der Waals surface area contributed by atoms with Gasteiger partial charge in [0.25, 0.3) is 10.2 Å². The molecular weight excluding hydrogens is 266 g/mol. The molecule has 1 fully saturated rings. The van der Waals surface area contributed by atoms with Gasteiger partial charge in [-0.15, -0.1) is 0 Å². The molecule has 19 heavy (non-hydrogen) atoms. The normalized spacial score (nSPS) is 21.8. The third-order valence-electron chi connectivity index (χ3n) is 3.55. The minimum atomic E-state index is -3.31. The van der Waals surface area contributed by atoms with Crippen molar-refractivity contribution in [3.8, 4) is 0 Å². The van der Waals surface area contributed by atoms with E-state index in [0.717, 1.165) is 13.0 Å². The minimum Gasteiger partial charge on any atom is -0.392 e. The van der Waals surface area contributed by atoms with Crippen LogP contribution in [-0.4, -0.2) is 80.0 Å². The summed E-state index contributed by atoms with van der Waals surface area (Å²) in [6.07, 6.45) is 0.453. The highest BCUT2D eigenvalue weighted by Gasteiger charge is 2.27. The molecule has 1 unspecified atom stereocenters. The molecule has 0 bridgehead atoms. The van der Waals surface area contributed by atoms with Crippen LogP contribution in [0.3, 0.4) is 0 Å². The van der Waals surface area contributed by atoms with Crippen LogP contribution in [0.25, 0.3) is 0 Å². The number of aliphatic hydroxyl groups is 1. The van der Waals surface area contributed by atoms with Crippen molar-refractivity contribution in [2.45, 2.75) is 26.4 Å². The fraction of sp³-hybridized carbons (Fsp3) is 1.00. The van der Waals surface area contributed by atoms with Crippen LogP contribution in [0.4, 0.5) is 0 Å². The molecule has 6 nitrogen and oxygen atoms in total. The first kappa shape index (κ1) is 16.8. The highest BCUT2D eigenvalue weighted by Crippen LogP contribution is 2.12. The van der Waals surface area contributed by atoms with Crippen LogP contribution >= 0.6 is 0 Å². The maximum atomic E-state index is 12.1. The molecule has 0 aromatic rings. The van der Waals surface area contributed by atoms with E-state index in [4.69, 9.17) is 0 Å². The van der Waals surface area contributed by atoms with E-state index in [1.165, 1.54) is 8.61 Å². The number of hydrogen-bond acceptors (Lipinski definition) is 4. The quantitative estimate of drug-likeness (QED) is 0.763. The van der Waals surface area contributed by atoms with Gasteiger partial charge in [0.15, 0.2) is 0 Å². The number of β-amino-alcohol motifs (C(OH)–C–C–N with tert-alkyl or cyclic N) is 1. The van der Waals surface area contributed by atoms with Gasteiger partial charge in [-0.3, -0.25) is 4.90 Å². The van der Waals surface area contributed by atoms with E-state index >= 15 is 0 Å². The Morgan fingerprint density at radius 3 is 2.32 bits per heavy atom. The van der Waals surface area contributed by atoms with Gasteiger partial charge in [0.1, 0.15) is 0 Å². The molecule has 1 rings (SSSR count). The van der Waals surface area contributed by atoms with E-state index in [1.807, 2.05) is 13.8 Å². The Labute approximate surface area is 117 Å². The number of aliphatic hydroxyl groups excluding tert-OH is 1. The third-order valence-corrected chi connectivity index (χ3v) is 5.49. The van der Waals surface area contributed by atoms with Crippen LogP contribution in [0.15, 0.2) is 0 Å². The lowest BCUT2D eigenvalue weighted by Crippen LogP contribution is -2.42. The molecular formula is C12H27N3O3S. The molecule has 1 N–H and O–H groups in total. The average molecular weight is 293 g/mol. The average Bonchev–Trinajstić information content (AvgIpc) is 2.54. The number of nitrogens with zero attached hydrogens (tertiary/aromatic N) is 3. The molecule has 0 amide bonds. The van der Waals surface area contributed by atoms with Gasteiger partial charge < -0.3 is 5.11 Å². The van der Waals surface area contributed by atoms with E-state index < -0.39 is 10.2 Å². The van der Waals surface area contributed by atoms with Crippen molar-refractivity contribution in [3.05, 3.63) is 0 Å². The molecule has 0 aliphatic carbocycles.